The first-order chi connectivity index (χ1) is 10.7. The van der Waals surface area contributed by atoms with Crippen LogP contribution in [0.1, 0.15) is 73.5 Å². The van der Waals surface area contributed by atoms with Gasteiger partial charge in [-0.25, -0.2) is 0 Å². The summed E-state index contributed by atoms with van der Waals surface area (Å²) in [6.07, 6.45) is 7.90. The Morgan fingerprint density at radius 1 is 1.18 bits per heavy atom. The molecule has 22 heavy (non-hydrogen) atoms. The summed E-state index contributed by atoms with van der Waals surface area (Å²) in [5.74, 6) is 1.62. The van der Waals surface area contributed by atoms with Gasteiger partial charge in [0.2, 0.25) is 0 Å². The Morgan fingerprint density at radius 2 is 2.05 bits per heavy atom. The zero-order valence-electron chi connectivity index (χ0n) is 12.8. The second-order valence-electron chi connectivity index (χ2n) is 6.92. The van der Waals surface area contributed by atoms with E-state index in [1.807, 2.05) is 4.90 Å². The molecule has 0 unspecified atom stereocenters. The smallest absolute Gasteiger partial charge is 0.276 e. The van der Waals surface area contributed by atoms with Crippen molar-refractivity contribution in [2.24, 2.45) is 5.92 Å². The molecule has 0 aromatic carbocycles. The number of aromatic nitrogens is 1. The minimum absolute atomic E-state index is 0.0370. The summed E-state index contributed by atoms with van der Waals surface area (Å²) in [7, 11) is 0. The number of hydrogen-bond donors (Lipinski definition) is 0. The molecule has 2 saturated carbocycles. The van der Waals surface area contributed by atoms with Crippen LogP contribution in [0.25, 0.3) is 0 Å². The third-order valence-corrected chi connectivity index (χ3v) is 5.35. The summed E-state index contributed by atoms with van der Waals surface area (Å²) in [6.45, 7) is 0.735. The van der Waals surface area contributed by atoms with Gasteiger partial charge in [0.15, 0.2) is 5.69 Å². The molecule has 0 radical (unpaired) electrons. The first kappa shape index (κ1) is 14.0. The molecule has 3 aliphatic rings. The molecule has 2 aliphatic carbocycles. The second kappa shape index (κ2) is 5.52. The van der Waals surface area contributed by atoms with Crippen molar-refractivity contribution < 1.29 is 14.1 Å². The molecule has 1 amide bonds. The fourth-order valence-electron chi connectivity index (χ4n) is 3.98. The number of rotatable bonds is 3. The Morgan fingerprint density at radius 3 is 2.82 bits per heavy atom. The topological polar surface area (TPSA) is 63.4 Å². The van der Waals surface area contributed by atoms with E-state index in [0.29, 0.717) is 23.8 Å². The van der Waals surface area contributed by atoms with Gasteiger partial charge < -0.3 is 9.42 Å². The SMILES string of the molecule is O=C1CCCC[C@@H]1[C@@H]1CCCN1C(=O)c1cc(C2CC2)on1. The quantitative estimate of drug-likeness (QED) is 0.861. The molecule has 5 nitrogen and oxygen atoms in total. The van der Waals surface area contributed by atoms with Gasteiger partial charge in [0.25, 0.3) is 5.91 Å². The predicted octanol–water partition coefficient (Wildman–Crippen LogP) is 2.92. The highest BCUT2D eigenvalue weighted by Crippen LogP contribution is 2.40. The van der Waals surface area contributed by atoms with Crippen molar-refractivity contribution in [3.05, 3.63) is 17.5 Å². The Kier molecular flexibility index (Phi) is 3.51. The van der Waals surface area contributed by atoms with Crippen LogP contribution in [0.5, 0.6) is 0 Å². The van der Waals surface area contributed by atoms with E-state index >= 15 is 0 Å². The van der Waals surface area contributed by atoms with Gasteiger partial charge in [-0.3, -0.25) is 9.59 Å². The van der Waals surface area contributed by atoms with Gasteiger partial charge in [-0.15, -0.1) is 0 Å². The average molecular weight is 302 g/mol. The number of hydrogen-bond acceptors (Lipinski definition) is 4. The summed E-state index contributed by atoms with van der Waals surface area (Å²) in [5, 5.41) is 3.97. The predicted molar refractivity (Wildman–Crippen MR) is 79.5 cm³/mol. The summed E-state index contributed by atoms with van der Waals surface area (Å²) in [4.78, 5) is 26.8. The van der Waals surface area contributed by atoms with Crippen molar-refractivity contribution in [3.8, 4) is 0 Å². The van der Waals surface area contributed by atoms with Crippen LogP contribution in [0.2, 0.25) is 0 Å². The Bertz CT molecular complexity index is 590. The molecule has 1 aliphatic heterocycles. The van der Waals surface area contributed by atoms with E-state index in [1.54, 1.807) is 6.07 Å². The maximum absolute atomic E-state index is 12.8. The lowest BCUT2D eigenvalue weighted by atomic mass is 9.82. The largest absolute Gasteiger partial charge is 0.360 e. The number of carbonyl (C=O) groups excluding carboxylic acids is 2. The van der Waals surface area contributed by atoms with Crippen LogP contribution in [0.3, 0.4) is 0 Å². The fraction of sp³-hybridized carbons (Fsp3) is 0.706. The molecule has 118 valence electrons. The van der Waals surface area contributed by atoms with Gasteiger partial charge in [0, 0.05) is 36.9 Å². The Hall–Kier alpha value is -1.65. The number of ketones is 1. The minimum Gasteiger partial charge on any atom is -0.360 e. The van der Waals surface area contributed by atoms with E-state index < -0.39 is 0 Å². The molecule has 5 heteroatoms. The zero-order chi connectivity index (χ0) is 15.1. The van der Waals surface area contributed by atoms with Gasteiger partial charge in [-0.1, -0.05) is 11.6 Å². The van der Waals surface area contributed by atoms with E-state index in [2.05, 4.69) is 5.16 Å². The van der Waals surface area contributed by atoms with Crippen LogP contribution in [0, 0.1) is 5.92 Å². The Balaban J connectivity index is 1.51. The highest BCUT2D eigenvalue weighted by atomic mass is 16.5. The normalized spacial score (nSPS) is 29.1. The van der Waals surface area contributed by atoms with Gasteiger partial charge in [0.05, 0.1) is 0 Å². The van der Waals surface area contributed by atoms with Crippen LogP contribution in [0.4, 0.5) is 0 Å². The molecular weight excluding hydrogens is 280 g/mol. The summed E-state index contributed by atoms with van der Waals surface area (Å²) < 4.78 is 5.31. The van der Waals surface area contributed by atoms with Crippen molar-refractivity contribution >= 4 is 11.7 Å². The van der Waals surface area contributed by atoms with Crippen LogP contribution in [0.15, 0.2) is 10.6 Å². The molecule has 4 rings (SSSR count). The van der Waals surface area contributed by atoms with Gasteiger partial charge in [-0.05, 0) is 38.5 Å². The standard InChI is InChI=1S/C17H22N2O3/c20-15-6-2-1-4-12(15)14-5-3-9-19(14)17(21)13-10-16(22-18-13)11-7-8-11/h10-12,14H,1-9H2/t12-,14+/m1/s1. The summed E-state index contributed by atoms with van der Waals surface area (Å²) in [5.41, 5.74) is 0.414. The molecule has 1 aromatic heterocycles. The van der Waals surface area contributed by atoms with Crippen molar-refractivity contribution in [3.63, 3.8) is 0 Å². The highest BCUT2D eigenvalue weighted by molar-refractivity contribution is 5.93. The first-order valence-corrected chi connectivity index (χ1v) is 8.54. The fourth-order valence-corrected chi connectivity index (χ4v) is 3.98. The lowest BCUT2D eigenvalue weighted by Crippen LogP contribution is -2.43. The van der Waals surface area contributed by atoms with Gasteiger partial charge in [0.1, 0.15) is 11.5 Å². The minimum atomic E-state index is -0.0588. The van der Waals surface area contributed by atoms with Crippen molar-refractivity contribution in [1.82, 2.24) is 10.1 Å². The van der Waals surface area contributed by atoms with Crippen LogP contribution < -0.4 is 0 Å². The monoisotopic (exact) mass is 302 g/mol. The van der Waals surface area contributed by atoms with E-state index in [-0.39, 0.29) is 17.9 Å². The maximum Gasteiger partial charge on any atom is 0.276 e. The molecule has 0 bridgehead atoms. The summed E-state index contributed by atoms with van der Waals surface area (Å²) >= 11 is 0. The molecular formula is C17H22N2O3. The van der Waals surface area contributed by atoms with Crippen LogP contribution in [-0.4, -0.2) is 34.3 Å². The molecule has 0 N–H and O–H groups in total. The van der Waals surface area contributed by atoms with Gasteiger partial charge in [-0.2, -0.15) is 0 Å². The molecule has 1 aromatic rings. The number of likely N-dealkylation sites (tertiary alicyclic amines) is 1. The lowest BCUT2D eigenvalue weighted by Gasteiger charge is -2.32. The van der Waals surface area contributed by atoms with E-state index in [0.717, 1.165) is 57.3 Å². The highest BCUT2D eigenvalue weighted by Gasteiger charge is 2.40. The maximum atomic E-state index is 12.8. The number of carbonyl (C=O) groups is 2. The van der Waals surface area contributed by atoms with Crippen molar-refractivity contribution in [2.75, 3.05) is 6.54 Å². The van der Waals surface area contributed by atoms with Crippen molar-refractivity contribution in [2.45, 2.75) is 63.3 Å². The number of Topliss-reactive ketones (excluding diaryl/α,β-unsaturated/α-hetero) is 1. The molecule has 2 heterocycles. The van der Waals surface area contributed by atoms with E-state index in [1.165, 1.54) is 0 Å². The Labute approximate surface area is 130 Å². The van der Waals surface area contributed by atoms with Crippen LogP contribution in [-0.2, 0) is 4.79 Å². The molecule has 3 fully saturated rings. The molecule has 2 atom stereocenters. The molecule has 0 spiro atoms. The van der Waals surface area contributed by atoms with Crippen molar-refractivity contribution in [1.29, 1.82) is 0 Å². The number of amides is 1. The molecule has 1 saturated heterocycles. The van der Waals surface area contributed by atoms with Crippen LogP contribution >= 0.6 is 0 Å². The third-order valence-electron chi connectivity index (χ3n) is 5.35. The van der Waals surface area contributed by atoms with E-state index in [4.69, 9.17) is 4.52 Å². The second-order valence-corrected chi connectivity index (χ2v) is 6.92. The first-order valence-electron chi connectivity index (χ1n) is 8.54. The lowest BCUT2D eigenvalue weighted by molar-refractivity contribution is -0.126. The van der Waals surface area contributed by atoms with E-state index in [9.17, 15) is 9.59 Å². The zero-order valence-corrected chi connectivity index (χ0v) is 12.8. The summed E-state index contributed by atoms with van der Waals surface area (Å²) in [6, 6.07) is 1.87. The van der Waals surface area contributed by atoms with Gasteiger partial charge >= 0.3 is 0 Å². The average Bonchev–Trinajstić information content (AvgIpc) is 3.08. The third kappa shape index (κ3) is 2.46. The number of nitrogens with zero attached hydrogens (tertiary/aromatic N) is 2.